The maximum Gasteiger partial charge on any atom is 0.254 e. The van der Waals surface area contributed by atoms with Gasteiger partial charge in [0.2, 0.25) is 11.8 Å². The minimum atomic E-state index is -1.21. The molecule has 3 N–H and O–H groups in total. The molecule has 1 aromatic carbocycles. The van der Waals surface area contributed by atoms with Crippen LogP contribution in [0.5, 0.6) is 5.88 Å². The Hall–Kier alpha value is -4.91. The summed E-state index contributed by atoms with van der Waals surface area (Å²) in [5.74, 6) is 0.295. The van der Waals surface area contributed by atoms with Crippen molar-refractivity contribution in [3.8, 4) is 17.4 Å². The van der Waals surface area contributed by atoms with Crippen LogP contribution in [0.4, 0.5) is 8.78 Å². The van der Waals surface area contributed by atoms with Crippen molar-refractivity contribution in [3.63, 3.8) is 0 Å². The largest absolute Gasteiger partial charge is 0.476 e. The van der Waals surface area contributed by atoms with Gasteiger partial charge in [0.15, 0.2) is 5.82 Å². The van der Waals surface area contributed by atoms with E-state index in [1.807, 2.05) is 41.8 Å². The zero-order chi connectivity index (χ0) is 35.1. The molecule has 2 aliphatic heterocycles. The Morgan fingerprint density at radius 3 is 2.84 bits per heavy atom. The number of hydrogen-bond donors (Lipinski definition) is 3. The molecule has 266 valence electrons. The lowest BCUT2D eigenvalue weighted by atomic mass is 10.0. The lowest BCUT2D eigenvalue weighted by Crippen LogP contribution is -2.52. The average Bonchev–Trinajstić information content (AvgIpc) is 3.71. The van der Waals surface area contributed by atoms with Crippen molar-refractivity contribution in [2.75, 3.05) is 19.7 Å². The number of nitrogens with zero attached hydrogens (tertiary/aromatic N) is 5. The number of pyridine rings is 2. The van der Waals surface area contributed by atoms with Crippen LogP contribution in [0.15, 0.2) is 54.7 Å². The molecule has 5 aromatic rings. The van der Waals surface area contributed by atoms with Gasteiger partial charge in [0.05, 0.1) is 46.6 Å². The van der Waals surface area contributed by atoms with E-state index in [1.54, 1.807) is 12.3 Å². The maximum atomic E-state index is 15.8. The van der Waals surface area contributed by atoms with Crippen molar-refractivity contribution in [3.05, 3.63) is 71.8 Å². The van der Waals surface area contributed by atoms with E-state index in [1.165, 1.54) is 12.1 Å². The minimum absolute atomic E-state index is 0.101. The van der Waals surface area contributed by atoms with E-state index < -0.39 is 23.9 Å². The standard InChI is InChI=1S/C38H42F2N8O3/c1-22-29-10-9-24-18-33(47(35(24)44-29)14-6-2-3-7-23-17-25(23)37(49)43-22)36-45-30-19-26(38(50)46-31-21-41-13-11-27(31)39)28(40)20-32(30)48(36)15-16-51-34-8-4-5-12-42-34/h4-5,8-10,12,18-20,22-23,25,27,31,41H,2-3,6-7,11,13-17,21H2,1H3,(H,43,49)(H,46,50)/t22-,23-,25-,27+,31+/m1/s1. The van der Waals surface area contributed by atoms with Gasteiger partial charge in [0.25, 0.3) is 5.91 Å². The summed E-state index contributed by atoms with van der Waals surface area (Å²) in [5.41, 5.74) is 3.08. The van der Waals surface area contributed by atoms with Crippen LogP contribution in [-0.2, 0) is 17.9 Å². The summed E-state index contributed by atoms with van der Waals surface area (Å²) >= 11 is 0. The summed E-state index contributed by atoms with van der Waals surface area (Å²) in [6, 6.07) is 13.2. The fourth-order valence-electron chi connectivity index (χ4n) is 7.56. The lowest BCUT2D eigenvalue weighted by Gasteiger charge is -2.27. The number of alkyl halides is 1. The van der Waals surface area contributed by atoms with Gasteiger partial charge in [-0.25, -0.2) is 23.7 Å². The van der Waals surface area contributed by atoms with Crippen LogP contribution in [0.1, 0.15) is 67.5 Å². The summed E-state index contributed by atoms with van der Waals surface area (Å²) in [6.07, 6.45) is 5.68. The second-order valence-electron chi connectivity index (χ2n) is 14.0. The van der Waals surface area contributed by atoms with Gasteiger partial charge in [-0.3, -0.25) is 9.59 Å². The Morgan fingerprint density at radius 1 is 1.10 bits per heavy atom. The van der Waals surface area contributed by atoms with Crippen LogP contribution in [-0.4, -0.2) is 67.8 Å². The molecule has 1 aliphatic carbocycles. The number of aryl methyl sites for hydroxylation is 1. The molecule has 5 atom stereocenters. The highest BCUT2D eigenvalue weighted by molar-refractivity contribution is 5.98. The number of amides is 2. The van der Waals surface area contributed by atoms with Crippen LogP contribution < -0.4 is 20.7 Å². The number of imidazole rings is 1. The first-order chi connectivity index (χ1) is 24.8. The van der Waals surface area contributed by atoms with Crippen molar-refractivity contribution < 1.29 is 23.1 Å². The van der Waals surface area contributed by atoms with Crippen molar-refractivity contribution in [1.29, 1.82) is 0 Å². The summed E-state index contributed by atoms with van der Waals surface area (Å²) in [5, 5.41) is 9.85. The Balaban J connectivity index is 1.20. The van der Waals surface area contributed by atoms with Crippen LogP contribution in [0.2, 0.25) is 0 Å². The maximum absolute atomic E-state index is 15.8. The fraction of sp³-hybridized carbons (Fsp3) is 0.447. The number of benzene rings is 1. The Kier molecular flexibility index (Phi) is 9.13. The Morgan fingerprint density at radius 2 is 2.00 bits per heavy atom. The molecule has 11 nitrogen and oxygen atoms in total. The van der Waals surface area contributed by atoms with Crippen LogP contribution in [0, 0.1) is 17.7 Å². The zero-order valence-corrected chi connectivity index (χ0v) is 28.6. The smallest absolute Gasteiger partial charge is 0.254 e. The van der Waals surface area contributed by atoms with E-state index in [2.05, 4.69) is 25.5 Å². The highest BCUT2D eigenvalue weighted by Gasteiger charge is 2.42. The molecule has 51 heavy (non-hydrogen) atoms. The number of nitrogens with one attached hydrogen (secondary N) is 3. The molecule has 4 aromatic heterocycles. The first kappa shape index (κ1) is 33.2. The first-order valence-corrected chi connectivity index (χ1v) is 18.0. The van der Waals surface area contributed by atoms with Gasteiger partial charge in [0.1, 0.15) is 24.2 Å². The SMILES string of the molecule is C[C@H]1NC(=O)[C@@H]2C[C@H]2CCCCCn2c(-c3nc4cc(C(=O)N[C@H]5CNCC[C@@H]5F)c(F)cc4n3CCOc3ccccn3)cc3ccc1nc32. The van der Waals surface area contributed by atoms with Crippen LogP contribution in [0.3, 0.4) is 0 Å². The first-order valence-electron chi connectivity index (χ1n) is 18.0. The molecular formula is C38H42F2N8O3. The van der Waals surface area contributed by atoms with E-state index in [4.69, 9.17) is 14.7 Å². The number of fused-ring (bicyclic) bond motifs is 3. The molecule has 0 spiro atoms. The van der Waals surface area contributed by atoms with E-state index in [0.29, 0.717) is 48.3 Å². The summed E-state index contributed by atoms with van der Waals surface area (Å²) in [6.45, 7) is 4.01. The molecule has 8 rings (SSSR count). The minimum Gasteiger partial charge on any atom is -0.476 e. The monoisotopic (exact) mass is 696 g/mol. The van der Waals surface area contributed by atoms with Gasteiger partial charge in [-0.15, -0.1) is 0 Å². The van der Waals surface area contributed by atoms with E-state index in [-0.39, 0.29) is 43.0 Å². The number of aromatic nitrogens is 5. The molecule has 6 heterocycles. The molecule has 1 saturated heterocycles. The van der Waals surface area contributed by atoms with Crippen LogP contribution >= 0.6 is 0 Å². The number of rotatable bonds is 7. The number of halogens is 2. The zero-order valence-electron chi connectivity index (χ0n) is 28.6. The second-order valence-corrected chi connectivity index (χ2v) is 14.0. The van der Waals surface area contributed by atoms with Crippen molar-refractivity contribution in [2.24, 2.45) is 11.8 Å². The highest BCUT2D eigenvalue weighted by Crippen LogP contribution is 2.43. The third-order valence-electron chi connectivity index (χ3n) is 10.5. The average molecular weight is 697 g/mol. The van der Waals surface area contributed by atoms with Crippen molar-refractivity contribution in [2.45, 2.75) is 76.8 Å². The molecule has 0 radical (unpaired) electrons. The fourth-order valence-corrected chi connectivity index (χ4v) is 7.56. The summed E-state index contributed by atoms with van der Waals surface area (Å²) in [7, 11) is 0. The normalized spacial score (nSPS) is 23.8. The second kappa shape index (κ2) is 14.0. The molecule has 13 heteroatoms. The number of ether oxygens (including phenoxy) is 1. The van der Waals surface area contributed by atoms with Crippen molar-refractivity contribution in [1.82, 2.24) is 40.0 Å². The predicted octanol–water partition coefficient (Wildman–Crippen LogP) is 5.48. The molecule has 0 unspecified atom stereocenters. The Bertz CT molecular complexity index is 2080. The number of carbonyl (C=O) groups is 2. The van der Waals surface area contributed by atoms with Gasteiger partial charge in [0, 0.05) is 42.7 Å². The van der Waals surface area contributed by atoms with E-state index in [9.17, 15) is 14.0 Å². The van der Waals surface area contributed by atoms with Gasteiger partial charge in [-0.1, -0.05) is 18.9 Å². The molecule has 2 bridgehead atoms. The number of carbonyl (C=O) groups excluding carboxylic acids is 2. The van der Waals surface area contributed by atoms with E-state index in [0.717, 1.165) is 54.5 Å². The lowest BCUT2D eigenvalue weighted by molar-refractivity contribution is -0.123. The van der Waals surface area contributed by atoms with Gasteiger partial charge in [-0.2, -0.15) is 0 Å². The summed E-state index contributed by atoms with van der Waals surface area (Å²) < 4.78 is 40.4. The van der Waals surface area contributed by atoms with Gasteiger partial charge < -0.3 is 29.8 Å². The third kappa shape index (κ3) is 6.78. The van der Waals surface area contributed by atoms with Crippen molar-refractivity contribution >= 4 is 33.9 Å². The van der Waals surface area contributed by atoms with Crippen LogP contribution in [0.25, 0.3) is 33.6 Å². The highest BCUT2D eigenvalue weighted by atomic mass is 19.1. The number of hydrogen-bond acceptors (Lipinski definition) is 7. The quantitative estimate of drug-likeness (QED) is 0.206. The van der Waals surface area contributed by atoms with Gasteiger partial charge >= 0.3 is 0 Å². The predicted molar refractivity (Wildman–Crippen MR) is 188 cm³/mol. The Labute approximate surface area is 294 Å². The van der Waals surface area contributed by atoms with E-state index >= 15 is 4.39 Å². The third-order valence-corrected chi connectivity index (χ3v) is 10.5. The van der Waals surface area contributed by atoms with Gasteiger partial charge in [-0.05, 0) is 75.4 Å². The molecule has 3 aliphatic rings. The topological polar surface area (TPSA) is 128 Å². The molecule has 2 amide bonds. The molecule has 1 saturated carbocycles. The summed E-state index contributed by atoms with van der Waals surface area (Å²) in [4.78, 5) is 40.6. The molecular weight excluding hydrogens is 654 g/mol. The molecule has 2 fully saturated rings. The number of piperidine rings is 1.